The van der Waals surface area contributed by atoms with Crippen molar-refractivity contribution in [1.29, 1.82) is 0 Å². The maximum absolute atomic E-state index is 14.5. The van der Waals surface area contributed by atoms with Crippen LogP contribution in [-0.4, -0.2) is 135 Å². The number of pyridine rings is 2. The fourth-order valence-electron chi connectivity index (χ4n) is 8.48. The molecule has 0 amide bonds. The zero-order chi connectivity index (χ0) is 40.0. The summed E-state index contributed by atoms with van der Waals surface area (Å²) in [5.41, 5.74) is -0.604. The van der Waals surface area contributed by atoms with Crippen molar-refractivity contribution in [2.75, 3.05) is 95.6 Å². The maximum Gasteiger partial charge on any atom is 0.261 e. The second-order valence-corrected chi connectivity index (χ2v) is 16.4. The summed E-state index contributed by atoms with van der Waals surface area (Å²) >= 11 is 0. The Hall–Kier alpha value is -4.88. The zero-order valence-corrected chi connectivity index (χ0v) is 34.2. The topological polar surface area (TPSA) is 122 Å². The SMILES string of the molecule is CN(C)CCCN=c1cc2c(=O)n(CCCN(C)C)c(=O)c3cc(=NCCCN(C)C)c4c5ccc6c(O)n(CCCN(C)C)c(O)c7ccc(c1c4c23)c5c76. The maximum atomic E-state index is 14.5. The molecule has 12 nitrogen and oxygen atoms in total. The molecule has 0 spiro atoms. The van der Waals surface area contributed by atoms with E-state index in [1.54, 1.807) is 4.57 Å². The summed E-state index contributed by atoms with van der Waals surface area (Å²) in [6.45, 7) is 5.13. The van der Waals surface area contributed by atoms with E-state index >= 15 is 0 Å². The summed E-state index contributed by atoms with van der Waals surface area (Å²) in [7, 11) is 16.2. The van der Waals surface area contributed by atoms with Gasteiger partial charge in [-0.15, -0.1) is 0 Å². The number of benzene rings is 5. The van der Waals surface area contributed by atoms with Crippen LogP contribution >= 0.6 is 0 Å². The van der Waals surface area contributed by atoms with Crippen molar-refractivity contribution >= 4 is 64.6 Å². The number of hydrogen-bond donors (Lipinski definition) is 2. The molecule has 0 saturated heterocycles. The van der Waals surface area contributed by atoms with Gasteiger partial charge in [0.05, 0.1) is 21.5 Å². The first-order valence-corrected chi connectivity index (χ1v) is 19.8. The summed E-state index contributed by atoms with van der Waals surface area (Å²) in [6, 6.07) is 11.7. The predicted molar refractivity (Wildman–Crippen MR) is 230 cm³/mol. The highest BCUT2D eigenvalue weighted by molar-refractivity contribution is 6.39. The van der Waals surface area contributed by atoms with Gasteiger partial charge in [-0.05, 0) is 149 Å². The third-order valence-electron chi connectivity index (χ3n) is 11.1. The molecule has 0 aliphatic rings. The lowest BCUT2D eigenvalue weighted by Gasteiger charge is -2.22. The van der Waals surface area contributed by atoms with Gasteiger partial charge in [0.2, 0.25) is 11.8 Å². The molecular weight excluding hydrogens is 705 g/mol. The summed E-state index contributed by atoms with van der Waals surface area (Å²) in [5.74, 6) is 0.0301. The highest BCUT2D eigenvalue weighted by Crippen LogP contribution is 2.46. The minimum atomic E-state index is -0.302. The van der Waals surface area contributed by atoms with Crippen molar-refractivity contribution in [2.45, 2.75) is 38.8 Å². The molecule has 0 bridgehead atoms. The molecule has 0 aliphatic heterocycles. The van der Waals surface area contributed by atoms with Crippen molar-refractivity contribution in [3.05, 3.63) is 67.8 Å². The molecule has 0 fully saturated rings. The first-order chi connectivity index (χ1) is 26.8. The number of aromatic nitrogens is 2. The lowest BCUT2D eigenvalue weighted by atomic mass is 9.85. The lowest BCUT2D eigenvalue weighted by Crippen LogP contribution is -2.35. The molecule has 0 radical (unpaired) electrons. The molecule has 0 saturated carbocycles. The molecule has 0 unspecified atom stereocenters. The van der Waals surface area contributed by atoms with Crippen LogP contribution < -0.4 is 21.8 Å². The molecule has 7 aromatic rings. The van der Waals surface area contributed by atoms with Crippen molar-refractivity contribution in [2.24, 2.45) is 9.98 Å². The Balaban J connectivity index is 1.65. The molecule has 7 rings (SSSR count). The molecule has 296 valence electrons. The van der Waals surface area contributed by atoms with Gasteiger partial charge in [0.15, 0.2) is 0 Å². The molecule has 5 aromatic carbocycles. The van der Waals surface area contributed by atoms with Gasteiger partial charge >= 0.3 is 0 Å². The number of fused-ring (bicyclic) bond motifs is 2. The van der Waals surface area contributed by atoms with Crippen molar-refractivity contribution in [1.82, 2.24) is 28.7 Å². The van der Waals surface area contributed by atoms with Crippen LogP contribution in [0.1, 0.15) is 25.7 Å². The first kappa shape index (κ1) is 39.4. The van der Waals surface area contributed by atoms with E-state index in [0.29, 0.717) is 70.2 Å². The van der Waals surface area contributed by atoms with Crippen molar-refractivity contribution in [3.8, 4) is 11.8 Å². The van der Waals surface area contributed by atoms with Gasteiger partial charge in [0.25, 0.3) is 11.1 Å². The molecule has 0 atom stereocenters. The second-order valence-electron chi connectivity index (χ2n) is 16.4. The molecule has 2 heterocycles. The van der Waals surface area contributed by atoms with Gasteiger partial charge in [-0.25, -0.2) is 0 Å². The quantitative estimate of drug-likeness (QED) is 0.0852. The Labute approximate surface area is 326 Å². The fraction of sp³-hybridized carbons (Fsp3) is 0.455. The second kappa shape index (κ2) is 15.9. The Bertz CT molecular complexity index is 2640. The molecule has 12 heteroatoms. The average Bonchev–Trinajstić information content (AvgIpc) is 3.15. The van der Waals surface area contributed by atoms with Crippen LogP contribution in [0.3, 0.4) is 0 Å². The number of nitrogens with zero attached hydrogens (tertiary/aromatic N) is 8. The van der Waals surface area contributed by atoms with Crippen LogP contribution in [0.25, 0.3) is 64.6 Å². The summed E-state index contributed by atoms with van der Waals surface area (Å²) in [5, 5.41) is 33.7. The highest BCUT2D eigenvalue weighted by Gasteiger charge is 2.26. The third-order valence-corrected chi connectivity index (χ3v) is 11.1. The highest BCUT2D eigenvalue weighted by atomic mass is 16.3. The van der Waals surface area contributed by atoms with Gasteiger partial charge in [-0.1, -0.05) is 12.1 Å². The monoisotopic (exact) mass is 760 g/mol. The van der Waals surface area contributed by atoms with Gasteiger partial charge in [-0.2, -0.15) is 0 Å². The van der Waals surface area contributed by atoms with Crippen LogP contribution in [0.5, 0.6) is 11.8 Å². The first-order valence-electron chi connectivity index (χ1n) is 19.8. The Morgan fingerprint density at radius 1 is 0.464 bits per heavy atom. The number of rotatable bonds is 16. The van der Waals surface area contributed by atoms with Crippen LogP contribution in [0, 0.1) is 0 Å². The van der Waals surface area contributed by atoms with E-state index in [1.807, 2.05) is 92.8 Å². The van der Waals surface area contributed by atoms with E-state index in [-0.39, 0.29) is 22.9 Å². The van der Waals surface area contributed by atoms with Gasteiger partial charge in [0, 0.05) is 63.9 Å². The van der Waals surface area contributed by atoms with E-state index < -0.39 is 0 Å². The summed E-state index contributed by atoms with van der Waals surface area (Å²) < 4.78 is 3.00. The predicted octanol–water partition coefficient (Wildman–Crippen LogP) is 4.26. The molecule has 2 N–H and O–H groups in total. The minimum Gasteiger partial charge on any atom is -0.494 e. The van der Waals surface area contributed by atoms with Crippen LogP contribution in [0.2, 0.25) is 0 Å². The van der Waals surface area contributed by atoms with Gasteiger partial charge in [0.1, 0.15) is 0 Å². The molecule has 0 aliphatic carbocycles. The standard InChI is InChI=1S/C44H56N8O4/c1-47(2)19-9-17-45-33-25-31-37-32(44(56)52(43(31)55)24-12-22-50(7)8)26-34(46-18-10-20-48(3)4)39-28-14-16-30-36-29(15-13-27(35(28)36)38(33)40(37)39)41(53)51(42(30)54)23-11-21-49(5)6/h13-16,25-26,53-54H,9-12,17-24H2,1-8H3. The Morgan fingerprint density at radius 2 is 0.821 bits per heavy atom. The van der Waals surface area contributed by atoms with E-state index in [4.69, 9.17) is 9.98 Å². The fourth-order valence-corrected chi connectivity index (χ4v) is 8.48. The number of aromatic hydroxyl groups is 2. The van der Waals surface area contributed by atoms with Crippen LogP contribution in [0.4, 0.5) is 0 Å². The number of hydrogen-bond acceptors (Lipinski definition) is 10. The smallest absolute Gasteiger partial charge is 0.261 e. The Morgan fingerprint density at radius 3 is 1.25 bits per heavy atom. The van der Waals surface area contributed by atoms with Gasteiger partial charge in [-0.3, -0.25) is 28.7 Å². The molecule has 2 aromatic heterocycles. The van der Waals surface area contributed by atoms with Crippen molar-refractivity contribution < 1.29 is 10.2 Å². The van der Waals surface area contributed by atoms with E-state index in [9.17, 15) is 19.8 Å². The molecule has 56 heavy (non-hydrogen) atoms. The van der Waals surface area contributed by atoms with Crippen molar-refractivity contribution in [3.63, 3.8) is 0 Å². The summed E-state index contributed by atoms with van der Waals surface area (Å²) in [6.07, 6.45) is 3.06. The Kier molecular flexibility index (Phi) is 11.2. The van der Waals surface area contributed by atoms with E-state index in [0.717, 1.165) is 83.1 Å². The van der Waals surface area contributed by atoms with E-state index in [2.05, 4.69) is 19.6 Å². The van der Waals surface area contributed by atoms with Crippen LogP contribution in [-0.2, 0) is 13.1 Å². The molecular formula is C44H56N8O4. The third kappa shape index (κ3) is 7.04. The average molecular weight is 761 g/mol. The van der Waals surface area contributed by atoms with Gasteiger partial charge < -0.3 is 29.8 Å². The van der Waals surface area contributed by atoms with Crippen LogP contribution in [0.15, 0.2) is 56.0 Å². The summed E-state index contributed by atoms with van der Waals surface area (Å²) in [4.78, 5) is 47.8. The van der Waals surface area contributed by atoms with E-state index in [1.165, 1.54) is 4.57 Å². The largest absolute Gasteiger partial charge is 0.494 e. The normalized spacial score (nSPS) is 13.6. The lowest BCUT2D eigenvalue weighted by molar-refractivity contribution is 0.338. The zero-order valence-electron chi connectivity index (χ0n) is 34.2. The minimum absolute atomic E-state index is 0.0150.